The Hall–Kier alpha value is -3.09. The first kappa shape index (κ1) is 22.1. The number of benzene rings is 3. The molecule has 1 aromatic heterocycles. The number of aromatic nitrogens is 2. The standard InChI is InChI=1S/C24H16ClFIN3O2/c1-31-22-10-15(9-19(25)23(22)32-13-14-2-5-18(27)6-3-14)8-16(12-28)24-29-20-7-4-17(26)11-21(20)30-24/h2-11H,13H2,1H3,(H,29,30)/b16-8-. The molecule has 0 aliphatic heterocycles. The van der Waals surface area contributed by atoms with Crippen LogP contribution in [0.3, 0.4) is 0 Å². The summed E-state index contributed by atoms with van der Waals surface area (Å²) in [5.41, 5.74) is 2.98. The summed E-state index contributed by atoms with van der Waals surface area (Å²) in [7, 11) is 1.52. The summed E-state index contributed by atoms with van der Waals surface area (Å²) in [6.45, 7) is 0.334. The maximum absolute atomic E-state index is 13.5. The SMILES string of the molecule is COc1cc(/C=C(/C#N)c2nc3ccc(F)cc3[nH]2)cc(Cl)c1OCc1ccc(I)cc1. The van der Waals surface area contributed by atoms with E-state index in [2.05, 4.69) is 38.6 Å². The number of nitrogens with zero attached hydrogens (tertiary/aromatic N) is 2. The summed E-state index contributed by atoms with van der Waals surface area (Å²) >= 11 is 8.72. The molecule has 3 aromatic carbocycles. The molecule has 0 saturated heterocycles. The van der Waals surface area contributed by atoms with E-state index in [1.54, 1.807) is 24.3 Å². The maximum atomic E-state index is 13.5. The van der Waals surface area contributed by atoms with Crippen molar-refractivity contribution in [2.75, 3.05) is 7.11 Å². The minimum atomic E-state index is -0.382. The van der Waals surface area contributed by atoms with Crippen LogP contribution < -0.4 is 9.47 Å². The van der Waals surface area contributed by atoms with Crippen molar-refractivity contribution in [3.63, 3.8) is 0 Å². The highest BCUT2D eigenvalue weighted by molar-refractivity contribution is 14.1. The molecule has 0 bridgehead atoms. The van der Waals surface area contributed by atoms with Gasteiger partial charge in [-0.05, 0) is 82.3 Å². The van der Waals surface area contributed by atoms with Crippen molar-refractivity contribution in [1.82, 2.24) is 9.97 Å². The fourth-order valence-electron chi connectivity index (χ4n) is 3.13. The van der Waals surface area contributed by atoms with Gasteiger partial charge in [-0.25, -0.2) is 9.37 Å². The van der Waals surface area contributed by atoms with Crippen LogP contribution in [0.25, 0.3) is 22.7 Å². The molecule has 160 valence electrons. The van der Waals surface area contributed by atoms with Crippen molar-refractivity contribution in [2.45, 2.75) is 6.61 Å². The minimum absolute atomic E-state index is 0.271. The van der Waals surface area contributed by atoms with E-state index in [9.17, 15) is 9.65 Å². The molecule has 32 heavy (non-hydrogen) atoms. The van der Waals surface area contributed by atoms with Crippen LogP contribution in [0, 0.1) is 20.7 Å². The van der Waals surface area contributed by atoms with E-state index in [-0.39, 0.29) is 11.4 Å². The summed E-state index contributed by atoms with van der Waals surface area (Å²) in [5.74, 6) is 0.815. The number of allylic oxidation sites excluding steroid dienone is 1. The summed E-state index contributed by atoms with van der Waals surface area (Å²) in [5, 5.41) is 10.0. The predicted octanol–water partition coefficient (Wildman–Crippen LogP) is 6.61. The largest absolute Gasteiger partial charge is 0.493 e. The van der Waals surface area contributed by atoms with Gasteiger partial charge in [-0.2, -0.15) is 5.26 Å². The van der Waals surface area contributed by atoms with Gasteiger partial charge in [0, 0.05) is 3.57 Å². The van der Waals surface area contributed by atoms with Gasteiger partial charge in [0.15, 0.2) is 11.5 Å². The highest BCUT2D eigenvalue weighted by Gasteiger charge is 2.14. The molecule has 1 heterocycles. The zero-order valence-corrected chi connectivity index (χ0v) is 19.7. The van der Waals surface area contributed by atoms with Crippen molar-refractivity contribution in [1.29, 1.82) is 5.26 Å². The van der Waals surface area contributed by atoms with E-state index >= 15 is 0 Å². The zero-order chi connectivity index (χ0) is 22.7. The summed E-state index contributed by atoms with van der Waals surface area (Å²) in [6, 6.07) is 17.7. The van der Waals surface area contributed by atoms with Crippen molar-refractivity contribution in [2.24, 2.45) is 0 Å². The lowest BCUT2D eigenvalue weighted by molar-refractivity contribution is 0.284. The Bertz CT molecular complexity index is 1360. The fraction of sp³-hybridized carbons (Fsp3) is 0.0833. The number of nitriles is 1. The van der Waals surface area contributed by atoms with Gasteiger partial charge >= 0.3 is 0 Å². The van der Waals surface area contributed by atoms with Gasteiger partial charge in [0.25, 0.3) is 0 Å². The third-order valence-electron chi connectivity index (χ3n) is 4.68. The van der Waals surface area contributed by atoms with Crippen LogP contribution in [0.2, 0.25) is 5.02 Å². The number of methoxy groups -OCH3 is 1. The molecule has 0 spiro atoms. The van der Waals surface area contributed by atoms with E-state index in [0.717, 1.165) is 9.13 Å². The molecule has 0 fully saturated rings. The third-order valence-corrected chi connectivity index (χ3v) is 5.68. The number of ether oxygens (including phenoxy) is 2. The average molecular weight is 560 g/mol. The normalized spacial score (nSPS) is 11.4. The molecule has 8 heteroatoms. The molecule has 5 nitrogen and oxygen atoms in total. The quantitative estimate of drug-likeness (QED) is 0.213. The average Bonchev–Trinajstić information content (AvgIpc) is 3.20. The molecule has 0 aliphatic carbocycles. The molecular formula is C24H16ClFIN3O2. The van der Waals surface area contributed by atoms with Gasteiger partial charge in [0.05, 0.1) is 28.7 Å². The van der Waals surface area contributed by atoms with E-state index in [1.165, 1.54) is 19.2 Å². The van der Waals surface area contributed by atoms with Gasteiger partial charge in [0.1, 0.15) is 24.3 Å². The van der Waals surface area contributed by atoms with Crippen molar-refractivity contribution >= 4 is 56.9 Å². The number of H-pyrrole nitrogens is 1. The highest BCUT2D eigenvalue weighted by atomic mass is 127. The second-order valence-corrected chi connectivity index (χ2v) is 8.52. The first-order chi connectivity index (χ1) is 15.5. The molecule has 0 unspecified atom stereocenters. The lowest BCUT2D eigenvalue weighted by atomic mass is 10.1. The van der Waals surface area contributed by atoms with Crippen molar-refractivity contribution in [3.8, 4) is 17.6 Å². The molecule has 0 amide bonds. The van der Waals surface area contributed by atoms with Gasteiger partial charge in [0.2, 0.25) is 0 Å². The van der Waals surface area contributed by atoms with E-state index in [0.29, 0.717) is 45.5 Å². The highest BCUT2D eigenvalue weighted by Crippen LogP contribution is 2.38. The molecule has 0 radical (unpaired) electrons. The summed E-state index contributed by atoms with van der Waals surface area (Å²) in [6.07, 6.45) is 1.63. The van der Waals surface area contributed by atoms with Crippen LogP contribution >= 0.6 is 34.2 Å². The fourth-order valence-corrected chi connectivity index (χ4v) is 3.76. The minimum Gasteiger partial charge on any atom is -0.493 e. The van der Waals surface area contributed by atoms with E-state index < -0.39 is 0 Å². The van der Waals surface area contributed by atoms with Crippen LogP contribution in [0.4, 0.5) is 4.39 Å². The monoisotopic (exact) mass is 559 g/mol. The van der Waals surface area contributed by atoms with Crippen LogP contribution in [0.1, 0.15) is 17.0 Å². The molecule has 0 aliphatic rings. The Morgan fingerprint density at radius 1 is 1.22 bits per heavy atom. The first-order valence-electron chi connectivity index (χ1n) is 9.49. The van der Waals surface area contributed by atoms with Crippen LogP contribution in [-0.2, 0) is 6.61 Å². The van der Waals surface area contributed by atoms with Crippen LogP contribution in [0.5, 0.6) is 11.5 Å². The number of hydrogen-bond donors (Lipinski definition) is 1. The molecular weight excluding hydrogens is 544 g/mol. The number of imidazole rings is 1. The Balaban J connectivity index is 1.63. The van der Waals surface area contributed by atoms with Gasteiger partial charge < -0.3 is 14.5 Å². The number of hydrogen-bond acceptors (Lipinski definition) is 4. The van der Waals surface area contributed by atoms with Gasteiger partial charge in [-0.1, -0.05) is 23.7 Å². The Morgan fingerprint density at radius 2 is 2.00 bits per heavy atom. The Kier molecular flexibility index (Phi) is 6.63. The third kappa shape index (κ3) is 4.87. The number of fused-ring (bicyclic) bond motifs is 1. The summed E-state index contributed by atoms with van der Waals surface area (Å²) < 4.78 is 26.0. The number of halogens is 3. The molecule has 1 N–H and O–H groups in total. The zero-order valence-electron chi connectivity index (χ0n) is 16.8. The number of aromatic amines is 1. The predicted molar refractivity (Wildman–Crippen MR) is 131 cm³/mol. The van der Waals surface area contributed by atoms with Crippen LogP contribution in [0.15, 0.2) is 54.6 Å². The Morgan fingerprint density at radius 3 is 2.72 bits per heavy atom. The lowest BCUT2D eigenvalue weighted by Gasteiger charge is -2.13. The van der Waals surface area contributed by atoms with Crippen molar-refractivity contribution < 1.29 is 13.9 Å². The topological polar surface area (TPSA) is 70.9 Å². The van der Waals surface area contributed by atoms with E-state index in [1.807, 2.05) is 24.3 Å². The smallest absolute Gasteiger partial charge is 0.180 e. The maximum Gasteiger partial charge on any atom is 0.180 e. The molecule has 4 aromatic rings. The van der Waals surface area contributed by atoms with Crippen molar-refractivity contribution in [3.05, 3.63) is 86.0 Å². The van der Waals surface area contributed by atoms with Gasteiger partial charge in [-0.15, -0.1) is 0 Å². The lowest BCUT2D eigenvalue weighted by Crippen LogP contribution is -1.99. The van der Waals surface area contributed by atoms with E-state index in [4.69, 9.17) is 21.1 Å². The second kappa shape index (κ2) is 9.59. The molecule has 0 saturated carbocycles. The van der Waals surface area contributed by atoms with Gasteiger partial charge in [-0.3, -0.25) is 0 Å². The molecule has 4 rings (SSSR count). The second-order valence-electron chi connectivity index (χ2n) is 6.87. The Labute approximate surface area is 202 Å². The number of rotatable bonds is 6. The van der Waals surface area contributed by atoms with Crippen LogP contribution in [-0.4, -0.2) is 17.1 Å². The molecule has 0 atom stereocenters. The number of nitrogens with one attached hydrogen (secondary N) is 1. The first-order valence-corrected chi connectivity index (χ1v) is 10.9. The summed E-state index contributed by atoms with van der Waals surface area (Å²) in [4.78, 5) is 7.34.